The molecule has 2 aromatic rings. The Hall–Kier alpha value is 0.0600. The summed E-state index contributed by atoms with van der Waals surface area (Å²) in [7, 11) is 0. The fraction of sp³-hybridized carbons (Fsp3) is 0. The lowest BCUT2D eigenvalue weighted by Gasteiger charge is -2.00. The summed E-state index contributed by atoms with van der Waals surface area (Å²) in [5, 5.41) is 1.26. The van der Waals surface area contributed by atoms with E-state index >= 15 is 0 Å². The highest BCUT2D eigenvalue weighted by atomic mass is 127. The number of rotatable bonds is 0. The third-order valence-electron chi connectivity index (χ3n) is 1.57. The third-order valence-corrected chi connectivity index (χ3v) is 2.98. The highest BCUT2D eigenvalue weighted by molar-refractivity contribution is 14.1. The maximum absolute atomic E-state index is 5.69. The van der Waals surface area contributed by atoms with Crippen LogP contribution in [-0.4, -0.2) is 9.97 Å². The SMILES string of the molecule is Clc1ncc2cc(I)cc(Br)c2n1. The number of halogens is 3. The van der Waals surface area contributed by atoms with Crippen LogP contribution < -0.4 is 0 Å². The maximum Gasteiger partial charge on any atom is 0.222 e. The third kappa shape index (κ3) is 1.94. The van der Waals surface area contributed by atoms with Crippen molar-refractivity contribution in [2.75, 3.05) is 0 Å². The van der Waals surface area contributed by atoms with Gasteiger partial charge in [-0.2, -0.15) is 0 Å². The van der Waals surface area contributed by atoms with E-state index in [2.05, 4.69) is 48.5 Å². The van der Waals surface area contributed by atoms with Gasteiger partial charge in [0.2, 0.25) is 5.28 Å². The van der Waals surface area contributed by atoms with Gasteiger partial charge in [-0.05, 0) is 62.3 Å². The Kier molecular flexibility index (Phi) is 2.71. The van der Waals surface area contributed by atoms with E-state index in [1.165, 1.54) is 0 Å². The summed E-state index contributed by atoms with van der Waals surface area (Å²) in [5.74, 6) is 0. The van der Waals surface area contributed by atoms with E-state index in [0.717, 1.165) is 18.9 Å². The molecule has 66 valence electrons. The number of hydrogen-bond donors (Lipinski definition) is 0. The van der Waals surface area contributed by atoms with Crippen LogP contribution in [0.15, 0.2) is 22.8 Å². The molecule has 0 aliphatic rings. The van der Waals surface area contributed by atoms with Crippen LogP contribution in [0.5, 0.6) is 0 Å². The molecule has 0 N–H and O–H groups in total. The van der Waals surface area contributed by atoms with Gasteiger partial charge in [0, 0.05) is 19.6 Å². The quantitative estimate of drug-likeness (QED) is 0.523. The van der Waals surface area contributed by atoms with Crippen molar-refractivity contribution >= 4 is 61.0 Å². The van der Waals surface area contributed by atoms with Gasteiger partial charge in [0.1, 0.15) is 0 Å². The average Bonchev–Trinajstić information content (AvgIpc) is 2.06. The fourth-order valence-corrected chi connectivity index (χ4v) is 2.82. The van der Waals surface area contributed by atoms with Crippen molar-refractivity contribution in [1.82, 2.24) is 9.97 Å². The highest BCUT2D eigenvalue weighted by Gasteiger charge is 2.03. The summed E-state index contributed by atoms with van der Waals surface area (Å²) in [5.41, 5.74) is 0.848. The largest absolute Gasteiger partial charge is 0.226 e. The minimum Gasteiger partial charge on any atom is -0.226 e. The second kappa shape index (κ2) is 3.67. The molecule has 0 aliphatic carbocycles. The second-order valence-electron chi connectivity index (χ2n) is 2.46. The smallest absolute Gasteiger partial charge is 0.222 e. The summed E-state index contributed by atoms with van der Waals surface area (Å²) in [6.07, 6.45) is 1.72. The van der Waals surface area contributed by atoms with Crippen molar-refractivity contribution < 1.29 is 0 Å². The molecule has 0 saturated carbocycles. The van der Waals surface area contributed by atoms with Crippen molar-refractivity contribution in [2.24, 2.45) is 0 Å². The van der Waals surface area contributed by atoms with Crippen LogP contribution in [0.4, 0.5) is 0 Å². The van der Waals surface area contributed by atoms with Crippen LogP contribution >= 0.6 is 50.1 Å². The Labute approximate surface area is 102 Å². The maximum atomic E-state index is 5.69. The van der Waals surface area contributed by atoms with Crippen LogP contribution in [-0.2, 0) is 0 Å². The molecule has 0 spiro atoms. The van der Waals surface area contributed by atoms with Crippen molar-refractivity contribution in [2.45, 2.75) is 0 Å². The molecule has 0 radical (unpaired) electrons. The van der Waals surface area contributed by atoms with E-state index in [4.69, 9.17) is 11.6 Å². The Morgan fingerprint density at radius 3 is 2.92 bits per heavy atom. The molecule has 0 aliphatic heterocycles. The lowest BCUT2D eigenvalue weighted by atomic mass is 10.2. The van der Waals surface area contributed by atoms with Gasteiger partial charge in [0.05, 0.1) is 5.52 Å². The van der Waals surface area contributed by atoms with Gasteiger partial charge in [0.25, 0.3) is 0 Å². The fourth-order valence-electron chi connectivity index (χ4n) is 1.05. The Balaban J connectivity index is 2.87. The first-order chi connectivity index (χ1) is 6.16. The second-order valence-corrected chi connectivity index (χ2v) is 4.90. The molecule has 0 atom stereocenters. The lowest BCUT2D eigenvalue weighted by molar-refractivity contribution is 1.22. The molecule has 0 amide bonds. The van der Waals surface area contributed by atoms with Crippen LogP contribution in [0.1, 0.15) is 0 Å². The molecule has 0 unspecified atom stereocenters. The van der Waals surface area contributed by atoms with E-state index in [0.29, 0.717) is 0 Å². The van der Waals surface area contributed by atoms with Crippen LogP contribution in [0.2, 0.25) is 5.28 Å². The Morgan fingerprint density at radius 1 is 1.38 bits per heavy atom. The van der Waals surface area contributed by atoms with Crippen LogP contribution in [0.25, 0.3) is 10.9 Å². The number of aromatic nitrogens is 2. The number of fused-ring (bicyclic) bond motifs is 1. The van der Waals surface area contributed by atoms with E-state index in [1.54, 1.807) is 6.20 Å². The van der Waals surface area contributed by atoms with Crippen LogP contribution in [0.3, 0.4) is 0 Å². The minimum absolute atomic E-state index is 0.273. The molecule has 2 nitrogen and oxygen atoms in total. The van der Waals surface area contributed by atoms with Gasteiger partial charge in [-0.3, -0.25) is 0 Å². The Bertz CT molecular complexity index is 475. The van der Waals surface area contributed by atoms with Crippen molar-refractivity contribution in [1.29, 1.82) is 0 Å². The normalized spacial score (nSPS) is 10.7. The zero-order valence-electron chi connectivity index (χ0n) is 6.26. The van der Waals surface area contributed by atoms with E-state index < -0.39 is 0 Å². The van der Waals surface area contributed by atoms with Gasteiger partial charge < -0.3 is 0 Å². The molecule has 1 aromatic heterocycles. The zero-order chi connectivity index (χ0) is 9.42. The van der Waals surface area contributed by atoms with Gasteiger partial charge in [-0.15, -0.1) is 0 Å². The molecule has 0 fully saturated rings. The van der Waals surface area contributed by atoms with E-state index in [9.17, 15) is 0 Å². The van der Waals surface area contributed by atoms with Gasteiger partial charge >= 0.3 is 0 Å². The predicted octanol–water partition coefficient (Wildman–Crippen LogP) is 3.65. The lowest BCUT2D eigenvalue weighted by Crippen LogP contribution is -1.86. The topological polar surface area (TPSA) is 25.8 Å². The first-order valence-electron chi connectivity index (χ1n) is 3.44. The van der Waals surface area contributed by atoms with E-state index in [-0.39, 0.29) is 5.28 Å². The molecule has 1 heterocycles. The summed E-state index contributed by atoms with van der Waals surface area (Å²) in [6.45, 7) is 0. The summed E-state index contributed by atoms with van der Waals surface area (Å²) in [4.78, 5) is 8.04. The summed E-state index contributed by atoms with van der Waals surface area (Å²) >= 11 is 11.4. The molecule has 5 heteroatoms. The monoisotopic (exact) mass is 368 g/mol. The zero-order valence-corrected chi connectivity index (χ0v) is 10.8. The molecular weight excluding hydrogens is 366 g/mol. The number of hydrogen-bond acceptors (Lipinski definition) is 2. The Morgan fingerprint density at radius 2 is 2.15 bits per heavy atom. The standard InChI is InChI=1S/C8H3BrClIN2/c9-6-2-5(11)1-4-3-12-8(10)13-7(4)6/h1-3H. The van der Waals surface area contributed by atoms with Gasteiger partial charge in [0.15, 0.2) is 0 Å². The summed E-state index contributed by atoms with van der Waals surface area (Å²) in [6, 6.07) is 4.00. The first kappa shape index (κ1) is 9.61. The highest BCUT2D eigenvalue weighted by Crippen LogP contribution is 2.25. The molecule has 1 aromatic carbocycles. The minimum atomic E-state index is 0.273. The molecular formula is C8H3BrClIN2. The summed E-state index contributed by atoms with van der Waals surface area (Å²) < 4.78 is 2.08. The predicted molar refractivity (Wildman–Crippen MR) is 65.0 cm³/mol. The van der Waals surface area contributed by atoms with Gasteiger partial charge in [-0.25, -0.2) is 9.97 Å². The molecule has 0 bridgehead atoms. The molecule has 0 saturated heterocycles. The number of nitrogens with zero attached hydrogens (tertiary/aromatic N) is 2. The first-order valence-corrected chi connectivity index (χ1v) is 5.69. The van der Waals surface area contributed by atoms with Crippen molar-refractivity contribution in [3.05, 3.63) is 31.7 Å². The van der Waals surface area contributed by atoms with E-state index in [1.807, 2.05) is 12.1 Å². The van der Waals surface area contributed by atoms with Crippen molar-refractivity contribution in [3.63, 3.8) is 0 Å². The molecule has 2 rings (SSSR count). The average molecular weight is 369 g/mol. The van der Waals surface area contributed by atoms with Gasteiger partial charge in [-0.1, -0.05) is 0 Å². The van der Waals surface area contributed by atoms with Crippen LogP contribution in [0, 0.1) is 3.57 Å². The van der Waals surface area contributed by atoms with Crippen molar-refractivity contribution in [3.8, 4) is 0 Å². The molecule has 13 heavy (non-hydrogen) atoms. The number of benzene rings is 1.